The van der Waals surface area contributed by atoms with Crippen molar-refractivity contribution < 1.29 is 8.78 Å². The molecule has 2 N–H and O–H groups in total. The number of halogens is 2. The van der Waals surface area contributed by atoms with E-state index in [0.717, 1.165) is 11.1 Å². The summed E-state index contributed by atoms with van der Waals surface area (Å²) in [6.07, 6.45) is 0.577. The zero-order valence-corrected chi connectivity index (χ0v) is 11.2. The Labute approximate surface area is 116 Å². The van der Waals surface area contributed by atoms with Crippen LogP contribution >= 0.6 is 12.6 Å². The molecule has 0 fully saturated rings. The van der Waals surface area contributed by atoms with Gasteiger partial charge in [0.05, 0.1) is 4.75 Å². The molecular weight excluding hydrogens is 264 g/mol. The number of benzene rings is 2. The number of hydrogen-bond acceptors (Lipinski definition) is 2. The van der Waals surface area contributed by atoms with Gasteiger partial charge in [0.15, 0.2) is 0 Å². The molecule has 0 aliphatic heterocycles. The van der Waals surface area contributed by atoms with Crippen molar-refractivity contribution in [2.45, 2.75) is 11.2 Å². The summed E-state index contributed by atoms with van der Waals surface area (Å²) in [6, 6.07) is 12.3. The molecule has 2 rings (SSSR count). The van der Waals surface area contributed by atoms with Crippen LogP contribution in [0.3, 0.4) is 0 Å². The average Bonchev–Trinajstić information content (AvgIpc) is 2.40. The van der Waals surface area contributed by atoms with Gasteiger partial charge in [0.25, 0.3) is 0 Å². The minimum absolute atomic E-state index is 0.300. The lowest BCUT2D eigenvalue weighted by Gasteiger charge is -2.29. The van der Waals surface area contributed by atoms with Crippen LogP contribution in [0.15, 0.2) is 48.5 Å². The topological polar surface area (TPSA) is 26.0 Å². The summed E-state index contributed by atoms with van der Waals surface area (Å²) in [5, 5.41) is 0. The summed E-state index contributed by atoms with van der Waals surface area (Å²) >= 11 is 4.72. The maximum absolute atomic E-state index is 13.0. The summed E-state index contributed by atoms with van der Waals surface area (Å²) in [5.41, 5.74) is 7.34. The Morgan fingerprint density at radius 3 is 1.53 bits per heavy atom. The summed E-state index contributed by atoms with van der Waals surface area (Å²) in [4.78, 5) is 0. The lowest BCUT2D eigenvalue weighted by atomic mass is 9.87. The van der Waals surface area contributed by atoms with E-state index in [1.165, 1.54) is 24.3 Å². The van der Waals surface area contributed by atoms with Gasteiger partial charge in [0.2, 0.25) is 0 Å². The molecule has 0 radical (unpaired) electrons. The monoisotopic (exact) mass is 279 g/mol. The van der Waals surface area contributed by atoms with E-state index in [0.29, 0.717) is 13.0 Å². The third-order valence-corrected chi connectivity index (χ3v) is 3.89. The van der Waals surface area contributed by atoms with E-state index in [2.05, 4.69) is 0 Å². The van der Waals surface area contributed by atoms with Gasteiger partial charge in [0.1, 0.15) is 11.6 Å². The van der Waals surface area contributed by atoms with E-state index < -0.39 is 4.75 Å². The van der Waals surface area contributed by atoms with E-state index in [-0.39, 0.29) is 11.6 Å². The Bertz CT molecular complexity index is 492. The molecular formula is C15H15F2NS. The minimum atomic E-state index is -0.643. The summed E-state index contributed by atoms with van der Waals surface area (Å²) in [5.74, 6) is -0.599. The maximum Gasteiger partial charge on any atom is 0.123 e. The molecule has 0 unspecified atom stereocenters. The van der Waals surface area contributed by atoms with E-state index >= 15 is 0 Å². The van der Waals surface area contributed by atoms with E-state index in [1.807, 2.05) is 0 Å². The first-order valence-electron chi connectivity index (χ1n) is 6.01. The van der Waals surface area contributed by atoms with Crippen molar-refractivity contribution in [2.75, 3.05) is 6.54 Å². The molecule has 1 nitrogen and oxygen atoms in total. The summed E-state index contributed by atoms with van der Waals surface area (Å²) < 4.78 is 25.4. The summed E-state index contributed by atoms with van der Waals surface area (Å²) in [7, 11) is 0. The van der Waals surface area contributed by atoms with Gasteiger partial charge in [-0.3, -0.25) is 0 Å². The molecule has 0 aromatic heterocycles. The van der Waals surface area contributed by atoms with Crippen LogP contribution in [0.5, 0.6) is 0 Å². The predicted molar refractivity (Wildman–Crippen MR) is 76.2 cm³/mol. The molecule has 0 aliphatic rings. The molecule has 4 heteroatoms. The highest BCUT2D eigenvalue weighted by atomic mass is 32.1. The molecule has 2 aromatic carbocycles. The van der Waals surface area contributed by atoms with E-state index in [9.17, 15) is 8.78 Å². The SMILES string of the molecule is NCCC(S)(c1ccc(F)cc1)c1ccc(F)cc1. The Kier molecular flexibility index (Phi) is 4.22. The fraction of sp³-hybridized carbons (Fsp3) is 0.200. The van der Waals surface area contributed by atoms with Crippen LogP contribution < -0.4 is 5.73 Å². The Morgan fingerprint density at radius 1 is 0.842 bits per heavy atom. The van der Waals surface area contributed by atoms with Gasteiger partial charge < -0.3 is 5.73 Å². The Hall–Kier alpha value is -1.39. The highest BCUT2D eigenvalue weighted by Gasteiger charge is 2.29. The second-order valence-electron chi connectivity index (χ2n) is 4.41. The van der Waals surface area contributed by atoms with Gasteiger partial charge in [-0.05, 0) is 48.4 Å². The van der Waals surface area contributed by atoms with E-state index in [4.69, 9.17) is 18.4 Å². The van der Waals surface area contributed by atoms with Gasteiger partial charge in [-0.2, -0.15) is 12.6 Å². The highest BCUT2D eigenvalue weighted by molar-refractivity contribution is 7.81. The fourth-order valence-corrected chi connectivity index (χ4v) is 2.54. The molecule has 2 aromatic rings. The standard InChI is InChI=1S/C15H15F2NS/c16-13-5-1-11(2-6-13)15(19,9-10-18)12-3-7-14(17)8-4-12/h1-8,19H,9-10,18H2. The van der Waals surface area contributed by atoms with Gasteiger partial charge in [0, 0.05) is 0 Å². The van der Waals surface area contributed by atoms with Gasteiger partial charge in [-0.1, -0.05) is 24.3 Å². The molecule has 0 saturated heterocycles. The van der Waals surface area contributed by atoms with Crippen molar-refractivity contribution in [3.63, 3.8) is 0 Å². The molecule has 0 saturated carbocycles. The first kappa shape index (κ1) is 14.0. The number of rotatable bonds is 4. The summed E-state index contributed by atoms with van der Waals surface area (Å²) in [6.45, 7) is 0.429. The van der Waals surface area contributed by atoms with Crippen molar-refractivity contribution in [1.82, 2.24) is 0 Å². The third kappa shape index (κ3) is 2.96. The third-order valence-electron chi connectivity index (χ3n) is 3.15. The van der Waals surface area contributed by atoms with Gasteiger partial charge in [-0.15, -0.1) is 0 Å². The quantitative estimate of drug-likeness (QED) is 0.823. The van der Waals surface area contributed by atoms with Crippen LogP contribution in [-0.2, 0) is 4.75 Å². The number of hydrogen-bond donors (Lipinski definition) is 2. The first-order valence-corrected chi connectivity index (χ1v) is 6.45. The van der Waals surface area contributed by atoms with Crippen LogP contribution in [0.25, 0.3) is 0 Å². The van der Waals surface area contributed by atoms with E-state index in [1.54, 1.807) is 24.3 Å². The molecule has 0 bridgehead atoms. The number of thiol groups is 1. The second kappa shape index (κ2) is 5.72. The Balaban J connectivity index is 2.47. The fourth-order valence-electron chi connectivity index (χ4n) is 2.12. The molecule has 100 valence electrons. The first-order chi connectivity index (χ1) is 9.06. The van der Waals surface area contributed by atoms with Crippen molar-refractivity contribution in [3.05, 3.63) is 71.3 Å². The zero-order valence-electron chi connectivity index (χ0n) is 10.3. The van der Waals surface area contributed by atoms with Crippen LogP contribution in [0.1, 0.15) is 17.5 Å². The molecule has 0 amide bonds. The van der Waals surface area contributed by atoms with Crippen molar-refractivity contribution >= 4 is 12.6 Å². The maximum atomic E-state index is 13.0. The minimum Gasteiger partial charge on any atom is -0.330 e. The van der Waals surface area contributed by atoms with Crippen LogP contribution in [0.2, 0.25) is 0 Å². The van der Waals surface area contributed by atoms with Crippen molar-refractivity contribution in [1.29, 1.82) is 0 Å². The molecule has 0 aliphatic carbocycles. The van der Waals surface area contributed by atoms with Gasteiger partial charge >= 0.3 is 0 Å². The Morgan fingerprint density at radius 2 is 1.21 bits per heavy atom. The predicted octanol–water partition coefficient (Wildman–Crippen LogP) is 3.49. The van der Waals surface area contributed by atoms with Crippen LogP contribution in [0.4, 0.5) is 8.78 Å². The largest absolute Gasteiger partial charge is 0.330 e. The number of nitrogens with two attached hydrogens (primary N) is 1. The molecule has 0 atom stereocenters. The average molecular weight is 279 g/mol. The molecule has 0 heterocycles. The highest BCUT2D eigenvalue weighted by Crippen LogP contribution is 2.39. The lowest BCUT2D eigenvalue weighted by molar-refractivity contribution is 0.618. The van der Waals surface area contributed by atoms with Gasteiger partial charge in [-0.25, -0.2) is 8.78 Å². The van der Waals surface area contributed by atoms with Crippen LogP contribution in [0, 0.1) is 11.6 Å². The van der Waals surface area contributed by atoms with Crippen molar-refractivity contribution in [2.24, 2.45) is 5.73 Å². The van der Waals surface area contributed by atoms with Crippen molar-refractivity contribution in [3.8, 4) is 0 Å². The molecule has 0 spiro atoms. The normalized spacial score (nSPS) is 11.6. The zero-order chi connectivity index (χ0) is 13.9. The second-order valence-corrected chi connectivity index (χ2v) is 5.18. The van der Waals surface area contributed by atoms with Crippen LogP contribution in [-0.4, -0.2) is 6.54 Å². The smallest absolute Gasteiger partial charge is 0.123 e. The molecule has 19 heavy (non-hydrogen) atoms. The lowest BCUT2D eigenvalue weighted by Crippen LogP contribution is -2.24.